The zero-order chi connectivity index (χ0) is 52.8. The van der Waals surface area contributed by atoms with Crippen LogP contribution in [0.3, 0.4) is 0 Å². The van der Waals surface area contributed by atoms with Gasteiger partial charge in [-0.2, -0.15) is 0 Å². The van der Waals surface area contributed by atoms with Crippen LogP contribution in [0.25, 0.3) is 0 Å². The molecule has 14 N–H and O–H groups in total. The number of hydrogen-bond acceptors (Lipinski definition) is 14. The smallest absolute Gasteiger partial charge is 0.306 e. The van der Waals surface area contributed by atoms with Crippen LogP contribution in [0, 0.1) is 29.6 Å². The number of rotatable bonds is 49. The second kappa shape index (κ2) is 49.2. The average molecular weight is 1010 g/mol. The van der Waals surface area contributed by atoms with Gasteiger partial charge in [-0.3, -0.25) is 9.59 Å². The molecule has 0 aromatic rings. The molecule has 0 amide bonds. The predicted octanol–water partition coefficient (Wildman–Crippen LogP) is 6.18. The highest BCUT2D eigenvalue weighted by Crippen LogP contribution is 2.44. The molecule has 0 fully saturated rings. The first-order valence-corrected chi connectivity index (χ1v) is 27.1. The van der Waals surface area contributed by atoms with Gasteiger partial charge in [0.1, 0.15) is 0 Å². The van der Waals surface area contributed by atoms with Crippen LogP contribution in [0.4, 0.5) is 0 Å². The molecule has 0 aliphatic carbocycles. The van der Waals surface area contributed by atoms with E-state index in [9.17, 15) is 70.9 Å². The van der Waals surface area contributed by atoms with Crippen molar-refractivity contribution in [2.24, 2.45) is 29.6 Å². The molecule has 416 valence electrons. The van der Waals surface area contributed by atoms with E-state index in [-0.39, 0.29) is 32.3 Å². The number of allylic oxidation sites excluding steroid dienone is 4. The molecule has 16 nitrogen and oxygen atoms in total. The van der Waals surface area contributed by atoms with E-state index >= 15 is 0 Å². The second-order valence-corrected chi connectivity index (χ2v) is 19.7. The molecular formula is C54H104O16. The molecule has 11 unspecified atom stereocenters. The Bertz CT molecular complexity index is 1220. The van der Waals surface area contributed by atoms with Gasteiger partial charge in [-0.05, 0) is 120 Å². The zero-order valence-corrected chi connectivity index (χ0v) is 43.2. The van der Waals surface area contributed by atoms with E-state index in [0.717, 1.165) is 64.2 Å². The van der Waals surface area contributed by atoms with Crippen molar-refractivity contribution in [3.8, 4) is 0 Å². The van der Waals surface area contributed by atoms with E-state index in [4.69, 9.17) is 10.2 Å². The van der Waals surface area contributed by atoms with Crippen LogP contribution < -0.4 is 0 Å². The topological polar surface area (TPSA) is 317 Å². The third-order valence-corrected chi connectivity index (χ3v) is 13.5. The summed E-state index contributed by atoms with van der Waals surface area (Å²) in [6.45, 7) is -1.27. The van der Waals surface area contributed by atoms with E-state index in [1.807, 2.05) is 6.08 Å². The summed E-state index contributed by atoms with van der Waals surface area (Å²) in [5, 5.41) is 138. The largest absolute Gasteiger partial charge is 0.481 e. The van der Waals surface area contributed by atoms with Crippen LogP contribution in [0.5, 0.6) is 0 Å². The molecule has 0 rings (SSSR count). The number of aliphatic carboxylic acids is 2. The Morgan fingerprint density at radius 3 is 1.16 bits per heavy atom. The fourth-order valence-corrected chi connectivity index (χ4v) is 9.45. The molecule has 11 atom stereocenters. The summed E-state index contributed by atoms with van der Waals surface area (Å²) in [7, 11) is 0. The van der Waals surface area contributed by atoms with Gasteiger partial charge in [0.05, 0.1) is 82.2 Å². The van der Waals surface area contributed by atoms with Crippen molar-refractivity contribution in [3.05, 3.63) is 24.3 Å². The summed E-state index contributed by atoms with van der Waals surface area (Å²) < 4.78 is 0. The van der Waals surface area contributed by atoms with E-state index in [0.29, 0.717) is 25.7 Å². The number of carbonyl (C=O) groups is 2. The predicted molar refractivity (Wildman–Crippen MR) is 274 cm³/mol. The van der Waals surface area contributed by atoms with Crippen molar-refractivity contribution in [2.45, 2.75) is 236 Å². The van der Waals surface area contributed by atoms with Crippen molar-refractivity contribution >= 4 is 11.9 Å². The van der Waals surface area contributed by atoms with Gasteiger partial charge < -0.3 is 71.5 Å². The number of unbranched alkanes of at least 4 members (excludes halogenated alkanes) is 18. The minimum atomic E-state index is -1.43. The summed E-state index contributed by atoms with van der Waals surface area (Å²) in [5.41, 5.74) is 0. The Morgan fingerprint density at radius 2 is 0.729 bits per heavy atom. The zero-order valence-electron chi connectivity index (χ0n) is 43.2. The molecular weight excluding hydrogens is 905 g/mol. The summed E-state index contributed by atoms with van der Waals surface area (Å²) in [5.74, 6) is -6.55. The Morgan fingerprint density at radius 1 is 0.371 bits per heavy atom. The van der Waals surface area contributed by atoms with Crippen LogP contribution in [-0.4, -0.2) is 160 Å². The van der Waals surface area contributed by atoms with Crippen LogP contribution in [-0.2, 0) is 9.59 Å². The molecule has 0 bridgehead atoms. The average Bonchev–Trinajstić information content (AvgIpc) is 3.35. The minimum Gasteiger partial charge on any atom is -0.481 e. The molecule has 0 heterocycles. The number of hydrogen-bond donors (Lipinski definition) is 14. The maximum absolute atomic E-state index is 12.6. The molecule has 0 aromatic heterocycles. The highest BCUT2D eigenvalue weighted by Gasteiger charge is 2.43. The van der Waals surface area contributed by atoms with Gasteiger partial charge in [0.2, 0.25) is 0 Å². The van der Waals surface area contributed by atoms with E-state index < -0.39 is 118 Å². The second-order valence-electron chi connectivity index (χ2n) is 19.7. The van der Waals surface area contributed by atoms with Gasteiger partial charge in [-0.25, -0.2) is 0 Å². The third-order valence-electron chi connectivity index (χ3n) is 13.5. The normalized spacial score (nSPS) is 16.8. The van der Waals surface area contributed by atoms with E-state index in [1.54, 1.807) is 0 Å². The Kier molecular flexibility index (Phi) is 49.2. The van der Waals surface area contributed by atoms with Crippen molar-refractivity contribution < 1.29 is 81.1 Å². The van der Waals surface area contributed by atoms with Gasteiger partial charge in [0.15, 0.2) is 0 Å². The van der Waals surface area contributed by atoms with Crippen molar-refractivity contribution in [3.63, 3.8) is 0 Å². The lowest BCUT2D eigenvalue weighted by molar-refractivity contribution is -0.149. The lowest BCUT2D eigenvalue weighted by Crippen LogP contribution is -2.43. The third kappa shape index (κ3) is 40.4. The minimum absolute atomic E-state index is 0.0319. The van der Waals surface area contributed by atoms with Crippen molar-refractivity contribution in [1.82, 2.24) is 0 Å². The molecule has 0 radical (unpaired) electrons. The molecule has 0 saturated heterocycles. The first kappa shape index (κ1) is 70.0. The molecule has 0 spiro atoms. The van der Waals surface area contributed by atoms with Gasteiger partial charge in [0.25, 0.3) is 0 Å². The molecule has 0 aromatic carbocycles. The molecule has 0 aliphatic heterocycles. The molecule has 0 aliphatic rings. The lowest BCUT2D eigenvalue weighted by Gasteiger charge is -2.43. The van der Waals surface area contributed by atoms with Gasteiger partial charge >= 0.3 is 11.9 Å². The number of carboxylic acids is 2. The summed E-state index contributed by atoms with van der Waals surface area (Å²) in [4.78, 5) is 22.9. The highest BCUT2D eigenvalue weighted by atomic mass is 16.4. The number of aliphatic hydroxyl groups is 12. The fourth-order valence-electron chi connectivity index (χ4n) is 9.45. The standard InChI is InChI=1S/C36H70O14.C18H34O2/c37-19-26(43)13-11-9-7-5-3-1-2-4-6-8-10-12-25(14-27(44)20-38)32(15-28(45)21-39)33(16-29(46)22-40)34(17-30(47)23-41)35(36(49)50)18-31(48)24-42;1-2-3-4-5-6-7-8-9-10-11-12-13-14-15-16-17-18(19)20/h6,8,25-35,37-48H,1-5,7,9-24H2,(H,49,50);9-10H,2-8,11-17H2,1H3,(H,19,20). The van der Waals surface area contributed by atoms with Gasteiger partial charge in [-0.1, -0.05) is 121 Å². The monoisotopic (exact) mass is 1010 g/mol. The van der Waals surface area contributed by atoms with Crippen LogP contribution in [0.2, 0.25) is 0 Å². The summed E-state index contributed by atoms with van der Waals surface area (Å²) in [6.07, 6.45) is 26.7. The number of carboxylic acid groups (broad SMARTS) is 2. The molecule has 16 heteroatoms. The van der Waals surface area contributed by atoms with Crippen LogP contribution in [0.15, 0.2) is 24.3 Å². The Hall–Kier alpha value is -2.06. The van der Waals surface area contributed by atoms with Crippen LogP contribution >= 0.6 is 0 Å². The maximum atomic E-state index is 12.6. The van der Waals surface area contributed by atoms with Crippen molar-refractivity contribution in [1.29, 1.82) is 0 Å². The van der Waals surface area contributed by atoms with Crippen LogP contribution in [0.1, 0.15) is 200 Å². The first-order chi connectivity index (χ1) is 33.6. The van der Waals surface area contributed by atoms with Gasteiger partial charge in [-0.15, -0.1) is 0 Å². The summed E-state index contributed by atoms with van der Waals surface area (Å²) >= 11 is 0. The Labute approximate surface area is 421 Å². The van der Waals surface area contributed by atoms with E-state index in [2.05, 4.69) is 25.2 Å². The van der Waals surface area contributed by atoms with Crippen molar-refractivity contribution in [2.75, 3.05) is 39.6 Å². The van der Waals surface area contributed by atoms with E-state index in [1.165, 1.54) is 70.6 Å². The van der Waals surface area contributed by atoms with Gasteiger partial charge in [0, 0.05) is 6.42 Å². The Balaban J connectivity index is 0. The number of aliphatic hydroxyl groups excluding tert-OH is 12. The molecule has 0 saturated carbocycles. The maximum Gasteiger partial charge on any atom is 0.306 e. The first-order valence-electron chi connectivity index (χ1n) is 27.1. The quantitative estimate of drug-likeness (QED) is 0.0239. The highest BCUT2D eigenvalue weighted by molar-refractivity contribution is 5.70. The lowest BCUT2D eigenvalue weighted by atomic mass is 9.63. The summed E-state index contributed by atoms with van der Waals surface area (Å²) in [6, 6.07) is 0. The fraction of sp³-hybridized carbons (Fsp3) is 0.889. The molecule has 70 heavy (non-hydrogen) atoms. The SMILES string of the molecule is CCCCCCCCC=CCCCCCCCC(=O)O.O=C(O)C(CC(O)CO)C(CC(O)CO)C(CC(O)CO)C(CC(O)CO)C(CCC=CCCCCCCCCCC(O)CO)CC(O)CO.